The van der Waals surface area contributed by atoms with Crippen LogP contribution in [0.25, 0.3) is 5.69 Å². The molecule has 5 heteroatoms. The molecule has 1 aliphatic rings. The van der Waals surface area contributed by atoms with Gasteiger partial charge in [0.2, 0.25) is 0 Å². The second-order valence-corrected chi connectivity index (χ2v) is 7.19. The fourth-order valence-corrected chi connectivity index (χ4v) is 3.87. The summed E-state index contributed by atoms with van der Waals surface area (Å²) < 4.78 is 1.84. The number of halogens is 1. The minimum Gasteiger partial charge on any atom is -0.381 e. The van der Waals surface area contributed by atoms with E-state index in [1.165, 1.54) is 5.69 Å². The molecule has 1 aliphatic heterocycles. The molecule has 0 aliphatic carbocycles. The largest absolute Gasteiger partial charge is 0.381 e. The number of hydrogen-bond donors (Lipinski definition) is 1. The zero-order chi connectivity index (χ0) is 17.9. The molecule has 4 nitrogen and oxygen atoms in total. The lowest BCUT2D eigenvalue weighted by molar-refractivity contribution is 0.328. The second-order valence-electron chi connectivity index (χ2n) is 6.83. The third-order valence-electron chi connectivity index (χ3n) is 4.92. The van der Waals surface area contributed by atoms with E-state index in [0.717, 1.165) is 43.0 Å². The lowest BCUT2D eigenvalue weighted by Gasteiger charge is -2.17. The number of anilines is 1. The van der Waals surface area contributed by atoms with Crippen LogP contribution in [0.3, 0.4) is 0 Å². The molecule has 0 amide bonds. The Morgan fingerprint density at radius 2 is 1.77 bits per heavy atom. The maximum absolute atomic E-state index is 6.67. The van der Waals surface area contributed by atoms with Crippen molar-refractivity contribution in [3.05, 3.63) is 77.1 Å². The van der Waals surface area contributed by atoms with Crippen molar-refractivity contribution in [2.75, 3.05) is 18.4 Å². The van der Waals surface area contributed by atoms with E-state index in [-0.39, 0.29) is 0 Å². The van der Waals surface area contributed by atoms with Crippen molar-refractivity contribution in [2.24, 2.45) is 0 Å². The molecular weight excluding hydrogens is 344 g/mol. The molecule has 0 unspecified atom stereocenters. The van der Waals surface area contributed by atoms with Crippen LogP contribution in [0.5, 0.6) is 0 Å². The van der Waals surface area contributed by atoms with E-state index in [1.807, 2.05) is 48.0 Å². The van der Waals surface area contributed by atoms with Gasteiger partial charge in [-0.3, -0.25) is 4.90 Å². The van der Waals surface area contributed by atoms with E-state index < -0.39 is 0 Å². The summed E-state index contributed by atoms with van der Waals surface area (Å²) in [6.45, 7) is 4.96. The van der Waals surface area contributed by atoms with Crippen molar-refractivity contribution >= 4 is 17.3 Å². The predicted octanol–water partition coefficient (Wildman–Crippen LogP) is 4.52. The number of nitrogens with one attached hydrogen (secondary N) is 1. The van der Waals surface area contributed by atoms with Crippen LogP contribution >= 0.6 is 11.6 Å². The van der Waals surface area contributed by atoms with E-state index in [1.54, 1.807) is 0 Å². The zero-order valence-electron chi connectivity index (χ0n) is 14.9. The van der Waals surface area contributed by atoms with Gasteiger partial charge in [0.25, 0.3) is 0 Å². The highest BCUT2D eigenvalue weighted by atomic mass is 35.5. The molecule has 4 rings (SSSR count). The Morgan fingerprint density at radius 1 is 1.08 bits per heavy atom. The van der Waals surface area contributed by atoms with Crippen molar-refractivity contribution in [3.8, 4) is 5.69 Å². The summed E-state index contributed by atoms with van der Waals surface area (Å²) in [7, 11) is 0. The van der Waals surface area contributed by atoms with Crippen LogP contribution in [-0.4, -0.2) is 33.8 Å². The number of hydrogen-bond acceptors (Lipinski definition) is 3. The fraction of sp³-hybridized carbons (Fsp3) is 0.286. The Labute approximate surface area is 159 Å². The smallest absolute Gasteiger partial charge is 0.137 e. The lowest BCUT2D eigenvalue weighted by atomic mass is 10.2. The third kappa shape index (κ3) is 3.62. The number of para-hydroxylation sites is 2. The van der Waals surface area contributed by atoms with Gasteiger partial charge in [-0.1, -0.05) is 48.0 Å². The quantitative estimate of drug-likeness (QED) is 0.720. The van der Waals surface area contributed by atoms with Crippen molar-refractivity contribution in [3.63, 3.8) is 0 Å². The van der Waals surface area contributed by atoms with E-state index in [2.05, 4.69) is 39.6 Å². The van der Waals surface area contributed by atoms with Gasteiger partial charge in [0, 0.05) is 36.9 Å². The highest BCUT2D eigenvalue weighted by molar-refractivity contribution is 6.30. The molecule has 1 N–H and O–H groups in total. The van der Waals surface area contributed by atoms with Crippen molar-refractivity contribution < 1.29 is 0 Å². The summed E-state index contributed by atoms with van der Waals surface area (Å²) in [5.41, 5.74) is 4.30. The first-order chi connectivity index (χ1) is 12.7. The number of likely N-dealkylation sites (tertiary alicyclic amines) is 1. The standard InChI is InChI=1S/C21H23ClN4/c1-16-20(21(22)26(24-16)19-10-6-3-7-11-19)15-25-13-12-18(14-25)23-17-8-4-2-5-9-17/h2-11,18,23H,12-15H2,1H3/t18-/m1/s1. The summed E-state index contributed by atoms with van der Waals surface area (Å²) in [5, 5.41) is 8.99. The van der Waals surface area contributed by atoms with E-state index in [4.69, 9.17) is 11.6 Å². The summed E-state index contributed by atoms with van der Waals surface area (Å²) in [5.74, 6) is 0. The minimum absolute atomic E-state index is 0.473. The number of aromatic nitrogens is 2. The molecule has 1 saturated heterocycles. The van der Waals surface area contributed by atoms with Gasteiger partial charge in [-0.15, -0.1) is 0 Å². The molecule has 1 fully saturated rings. The first-order valence-electron chi connectivity index (χ1n) is 9.04. The fourth-order valence-electron chi connectivity index (χ4n) is 3.54. The third-order valence-corrected chi connectivity index (χ3v) is 5.31. The van der Waals surface area contributed by atoms with Crippen LogP contribution in [0.2, 0.25) is 5.15 Å². The van der Waals surface area contributed by atoms with Crippen LogP contribution < -0.4 is 5.32 Å². The van der Waals surface area contributed by atoms with E-state index >= 15 is 0 Å². The first-order valence-corrected chi connectivity index (χ1v) is 9.42. The van der Waals surface area contributed by atoms with Gasteiger partial charge in [-0.05, 0) is 37.6 Å². The van der Waals surface area contributed by atoms with Gasteiger partial charge < -0.3 is 5.32 Å². The maximum Gasteiger partial charge on any atom is 0.137 e. The molecule has 0 saturated carbocycles. The average Bonchev–Trinajstić information content (AvgIpc) is 3.23. The van der Waals surface area contributed by atoms with Crippen LogP contribution in [0, 0.1) is 6.92 Å². The second kappa shape index (κ2) is 7.52. The first kappa shape index (κ1) is 17.1. The van der Waals surface area contributed by atoms with Gasteiger partial charge in [0.05, 0.1) is 11.4 Å². The van der Waals surface area contributed by atoms with Crippen molar-refractivity contribution in [1.29, 1.82) is 0 Å². The molecule has 0 radical (unpaired) electrons. The van der Waals surface area contributed by atoms with Crippen LogP contribution in [0.4, 0.5) is 5.69 Å². The molecule has 2 aromatic carbocycles. The lowest BCUT2D eigenvalue weighted by Crippen LogP contribution is -2.26. The summed E-state index contributed by atoms with van der Waals surface area (Å²) >= 11 is 6.67. The van der Waals surface area contributed by atoms with Crippen LogP contribution in [0.15, 0.2) is 60.7 Å². The van der Waals surface area contributed by atoms with Gasteiger partial charge in [0.15, 0.2) is 0 Å². The predicted molar refractivity (Wildman–Crippen MR) is 107 cm³/mol. The van der Waals surface area contributed by atoms with Gasteiger partial charge >= 0.3 is 0 Å². The molecule has 26 heavy (non-hydrogen) atoms. The monoisotopic (exact) mass is 366 g/mol. The average molecular weight is 367 g/mol. The Balaban J connectivity index is 1.44. The summed E-state index contributed by atoms with van der Waals surface area (Å²) in [4.78, 5) is 2.45. The molecular formula is C21H23ClN4. The van der Waals surface area contributed by atoms with Gasteiger partial charge in [0.1, 0.15) is 5.15 Å². The number of nitrogens with zero attached hydrogens (tertiary/aromatic N) is 3. The molecule has 0 bridgehead atoms. The van der Waals surface area contributed by atoms with Gasteiger partial charge in [-0.2, -0.15) is 5.10 Å². The molecule has 2 heterocycles. The Morgan fingerprint density at radius 3 is 2.50 bits per heavy atom. The summed E-state index contributed by atoms with van der Waals surface area (Å²) in [6, 6.07) is 20.9. The van der Waals surface area contributed by atoms with Gasteiger partial charge in [-0.25, -0.2) is 4.68 Å². The molecule has 3 aromatic rings. The Bertz CT molecular complexity index is 860. The van der Waals surface area contributed by atoms with Crippen molar-refractivity contribution in [1.82, 2.24) is 14.7 Å². The topological polar surface area (TPSA) is 33.1 Å². The number of rotatable bonds is 5. The van der Waals surface area contributed by atoms with Crippen molar-refractivity contribution in [2.45, 2.75) is 25.9 Å². The molecule has 134 valence electrons. The molecule has 0 spiro atoms. The molecule has 1 aromatic heterocycles. The Hall–Kier alpha value is -2.30. The van der Waals surface area contributed by atoms with E-state index in [0.29, 0.717) is 11.2 Å². The van der Waals surface area contributed by atoms with Crippen LogP contribution in [0.1, 0.15) is 17.7 Å². The Kier molecular flexibility index (Phi) is 4.96. The maximum atomic E-state index is 6.67. The van der Waals surface area contributed by atoms with E-state index in [9.17, 15) is 0 Å². The minimum atomic E-state index is 0.473. The van der Waals surface area contributed by atoms with Crippen LogP contribution in [-0.2, 0) is 6.54 Å². The highest BCUT2D eigenvalue weighted by Gasteiger charge is 2.25. The molecule has 1 atom stereocenters. The number of aryl methyl sites for hydroxylation is 1. The SMILES string of the molecule is Cc1nn(-c2ccccc2)c(Cl)c1CN1CC[C@@H](Nc2ccccc2)C1. The summed E-state index contributed by atoms with van der Waals surface area (Å²) in [6.07, 6.45) is 1.14. The highest BCUT2D eigenvalue weighted by Crippen LogP contribution is 2.26. The number of benzene rings is 2. The zero-order valence-corrected chi connectivity index (χ0v) is 15.7. The normalized spacial score (nSPS) is 17.5.